The first-order valence-corrected chi connectivity index (χ1v) is 9.58. The van der Waals surface area contributed by atoms with Gasteiger partial charge >= 0.3 is 0 Å². The molecule has 1 fully saturated rings. The Balaban J connectivity index is 1.47. The first-order chi connectivity index (χ1) is 13.6. The highest BCUT2D eigenvalue weighted by molar-refractivity contribution is 5.92. The second-order valence-corrected chi connectivity index (χ2v) is 7.49. The maximum atomic E-state index is 14.0. The van der Waals surface area contributed by atoms with Crippen LogP contribution in [0.25, 0.3) is 10.9 Å². The Morgan fingerprint density at radius 1 is 1.29 bits per heavy atom. The van der Waals surface area contributed by atoms with E-state index in [2.05, 4.69) is 32.9 Å². The van der Waals surface area contributed by atoms with Crippen molar-refractivity contribution in [3.8, 4) is 5.75 Å². The smallest absolute Gasteiger partial charge is 0.167 e. The average molecular weight is 380 g/mol. The number of nitrogens with zero attached hydrogens (tertiary/aromatic N) is 4. The third-order valence-corrected chi connectivity index (χ3v) is 5.36. The van der Waals surface area contributed by atoms with Gasteiger partial charge in [-0.15, -0.1) is 0 Å². The zero-order valence-corrected chi connectivity index (χ0v) is 16.3. The van der Waals surface area contributed by atoms with E-state index in [-0.39, 0.29) is 11.6 Å². The third-order valence-electron chi connectivity index (χ3n) is 5.36. The molecular formula is C22H25FN4O. The largest absolute Gasteiger partial charge is 0.494 e. The van der Waals surface area contributed by atoms with Crippen LogP contribution in [0.4, 0.5) is 10.1 Å². The second kappa shape index (κ2) is 8.10. The molecule has 0 N–H and O–H groups in total. The van der Waals surface area contributed by atoms with Gasteiger partial charge in [-0.25, -0.2) is 4.39 Å². The van der Waals surface area contributed by atoms with Crippen LogP contribution in [0, 0.1) is 11.7 Å². The fraction of sp³-hybridized carbons (Fsp3) is 0.364. The van der Waals surface area contributed by atoms with Crippen molar-refractivity contribution < 1.29 is 9.13 Å². The van der Waals surface area contributed by atoms with Crippen LogP contribution in [0.2, 0.25) is 0 Å². The standard InChI is InChI=1S/C22H25FN4O/c1-26(13-16-4-3-7-24-12-16)14-17-6-9-27(15-17)21-5-8-25-20-11-19(23)22(28-2)10-18(20)21/h3-5,7-8,10-12,17H,6,9,13-15H2,1-2H3. The van der Waals surface area contributed by atoms with Gasteiger partial charge in [0, 0.05) is 61.9 Å². The van der Waals surface area contributed by atoms with Gasteiger partial charge < -0.3 is 14.5 Å². The summed E-state index contributed by atoms with van der Waals surface area (Å²) in [5.74, 6) is 0.469. The number of benzene rings is 1. The first kappa shape index (κ1) is 18.6. The quantitative estimate of drug-likeness (QED) is 0.652. The van der Waals surface area contributed by atoms with Crippen molar-refractivity contribution in [2.75, 3.05) is 38.7 Å². The van der Waals surface area contributed by atoms with E-state index >= 15 is 0 Å². The average Bonchev–Trinajstić information content (AvgIpc) is 3.15. The molecule has 1 unspecified atom stereocenters. The molecule has 0 bridgehead atoms. The summed E-state index contributed by atoms with van der Waals surface area (Å²) < 4.78 is 19.2. The molecule has 28 heavy (non-hydrogen) atoms. The molecule has 3 aromatic rings. The summed E-state index contributed by atoms with van der Waals surface area (Å²) in [6.45, 7) is 3.91. The summed E-state index contributed by atoms with van der Waals surface area (Å²) in [6, 6.07) is 9.31. The highest BCUT2D eigenvalue weighted by Gasteiger charge is 2.25. The molecule has 2 aromatic heterocycles. The minimum absolute atomic E-state index is 0.258. The fourth-order valence-corrected chi connectivity index (χ4v) is 4.07. The van der Waals surface area contributed by atoms with Gasteiger partial charge in [-0.05, 0) is 43.1 Å². The van der Waals surface area contributed by atoms with E-state index in [1.165, 1.54) is 18.7 Å². The van der Waals surface area contributed by atoms with Crippen molar-refractivity contribution in [3.05, 3.63) is 60.3 Å². The minimum atomic E-state index is -0.379. The van der Waals surface area contributed by atoms with Crippen molar-refractivity contribution in [3.63, 3.8) is 0 Å². The number of anilines is 1. The monoisotopic (exact) mass is 380 g/mol. The molecule has 0 amide bonds. The minimum Gasteiger partial charge on any atom is -0.494 e. The molecule has 1 atom stereocenters. The van der Waals surface area contributed by atoms with E-state index in [1.807, 2.05) is 18.3 Å². The van der Waals surface area contributed by atoms with E-state index in [0.29, 0.717) is 11.4 Å². The summed E-state index contributed by atoms with van der Waals surface area (Å²) in [5, 5.41) is 0.935. The van der Waals surface area contributed by atoms with Gasteiger partial charge in [0.2, 0.25) is 0 Å². The van der Waals surface area contributed by atoms with Gasteiger partial charge in [0.1, 0.15) is 0 Å². The number of halogens is 1. The first-order valence-electron chi connectivity index (χ1n) is 9.58. The number of pyridine rings is 2. The molecule has 146 valence electrons. The number of methoxy groups -OCH3 is 1. The van der Waals surface area contributed by atoms with Crippen LogP contribution >= 0.6 is 0 Å². The van der Waals surface area contributed by atoms with E-state index < -0.39 is 0 Å². The maximum absolute atomic E-state index is 14.0. The van der Waals surface area contributed by atoms with Crippen molar-refractivity contribution in [2.24, 2.45) is 5.92 Å². The molecule has 0 radical (unpaired) electrons. The molecule has 0 aliphatic carbocycles. The Kier molecular flexibility index (Phi) is 5.39. The number of rotatable bonds is 6. The molecule has 0 spiro atoms. The molecule has 1 aliphatic heterocycles. The maximum Gasteiger partial charge on any atom is 0.167 e. The fourth-order valence-electron chi connectivity index (χ4n) is 4.07. The van der Waals surface area contributed by atoms with Gasteiger partial charge in [-0.1, -0.05) is 6.07 Å². The predicted octanol–water partition coefficient (Wildman–Crippen LogP) is 3.74. The normalized spacial score (nSPS) is 16.9. The van der Waals surface area contributed by atoms with Crippen LogP contribution in [0.5, 0.6) is 5.75 Å². The van der Waals surface area contributed by atoms with Crippen molar-refractivity contribution in [1.29, 1.82) is 0 Å². The third kappa shape index (κ3) is 3.92. The summed E-state index contributed by atoms with van der Waals surface area (Å²) in [6.07, 6.45) is 6.62. The molecular weight excluding hydrogens is 355 g/mol. The topological polar surface area (TPSA) is 41.5 Å². The van der Waals surface area contributed by atoms with Gasteiger partial charge in [-0.3, -0.25) is 9.97 Å². The summed E-state index contributed by atoms with van der Waals surface area (Å²) in [7, 11) is 3.65. The van der Waals surface area contributed by atoms with Crippen LogP contribution in [0.3, 0.4) is 0 Å². The number of hydrogen-bond donors (Lipinski definition) is 0. The van der Waals surface area contributed by atoms with Gasteiger partial charge in [0.15, 0.2) is 11.6 Å². The van der Waals surface area contributed by atoms with Gasteiger partial charge in [0.05, 0.1) is 12.6 Å². The SMILES string of the molecule is COc1cc2c(N3CCC(CN(C)Cc4cccnc4)C3)ccnc2cc1F. The van der Waals surface area contributed by atoms with Gasteiger partial charge in [-0.2, -0.15) is 0 Å². The Morgan fingerprint density at radius 3 is 2.96 bits per heavy atom. The molecule has 0 saturated carbocycles. The Morgan fingerprint density at radius 2 is 2.18 bits per heavy atom. The molecule has 1 aliphatic rings. The molecule has 1 saturated heterocycles. The lowest BCUT2D eigenvalue weighted by Gasteiger charge is -2.23. The van der Waals surface area contributed by atoms with Crippen LogP contribution in [0.15, 0.2) is 48.9 Å². The predicted molar refractivity (Wildman–Crippen MR) is 109 cm³/mol. The van der Waals surface area contributed by atoms with Crippen LogP contribution < -0.4 is 9.64 Å². The summed E-state index contributed by atoms with van der Waals surface area (Å²) in [4.78, 5) is 13.3. The van der Waals surface area contributed by atoms with Crippen molar-refractivity contribution >= 4 is 16.6 Å². The zero-order valence-electron chi connectivity index (χ0n) is 16.3. The van der Waals surface area contributed by atoms with E-state index in [0.717, 1.165) is 43.7 Å². The van der Waals surface area contributed by atoms with E-state index in [4.69, 9.17) is 4.74 Å². The van der Waals surface area contributed by atoms with Crippen molar-refractivity contribution in [2.45, 2.75) is 13.0 Å². The van der Waals surface area contributed by atoms with Crippen molar-refractivity contribution in [1.82, 2.24) is 14.9 Å². The number of ether oxygens (including phenoxy) is 1. The van der Waals surface area contributed by atoms with Crippen LogP contribution in [0.1, 0.15) is 12.0 Å². The molecule has 6 heteroatoms. The zero-order chi connectivity index (χ0) is 19.5. The van der Waals surface area contributed by atoms with Crippen LogP contribution in [-0.4, -0.2) is 48.7 Å². The molecule has 1 aromatic carbocycles. The van der Waals surface area contributed by atoms with Gasteiger partial charge in [0.25, 0.3) is 0 Å². The lowest BCUT2D eigenvalue weighted by atomic mass is 10.1. The number of fused-ring (bicyclic) bond motifs is 1. The molecule has 3 heterocycles. The lowest BCUT2D eigenvalue weighted by Crippen LogP contribution is -2.28. The number of hydrogen-bond acceptors (Lipinski definition) is 5. The lowest BCUT2D eigenvalue weighted by molar-refractivity contribution is 0.279. The Labute approximate surface area is 164 Å². The Bertz CT molecular complexity index is 950. The Hall–Kier alpha value is -2.73. The summed E-state index contributed by atoms with van der Waals surface area (Å²) in [5.41, 5.74) is 2.99. The summed E-state index contributed by atoms with van der Waals surface area (Å²) >= 11 is 0. The van der Waals surface area contributed by atoms with E-state index in [9.17, 15) is 4.39 Å². The highest BCUT2D eigenvalue weighted by Crippen LogP contribution is 2.33. The number of aromatic nitrogens is 2. The highest BCUT2D eigenvalue weighted by atomic mass is 19.1. The van der Waals surface area contributed by atoms with Crippen LogP contribution in [-0.2, 0) is 6.54 Å². The molecule has 5 nitrogen and oxygen atoms in total. The van der Waals surface area contributed by atoms with E-state index in [1.54, 1.807) is 18.5 Å². The second-order valence-electron chi connectivity index (χ2n) is 7.49. The molecule has 4 rings (SSSR count).